The van der Waals surface area contributed by atoms with Crippen molar-refractivity contribution in [2.75, 3.05) is 0 Å². The molecular formula is C23H25Cl2N3O2S. The first-order chi connectivity index (χ1) is 14.8. The van der Waals surface area contributed by atoms with E-state index in [0.717, 1.165) is 34.6 Å². The van der Waals surface area contributed by atoms with Crippen molar-refractivity contribution < 1.29 is 4.92 Å². The van der Waals surface area contributed by atoms with Crippen molar-refractivity contribution in [2.45, 2.75) is 46.1 Å². The van der Waals surface area contributed by atoms with E-state index in [2.05, 4.69) is 30.7 Å². The number of hydrogen-bond acceptors (Lipinski definition) is 4. The summed E-state index contributed by atoms with van der Waals surface area (Å²) in [5.74, 6) is 0.661. The molecule has 0 radical (unpaired) electrons. The summed E-state index contributed by atoms with van der Waals surface area (Å²) in [6, 6.07) is 12.2. The molecule has 0 aliphatic heterocycles. The van der Waals surface area contributed by atoms with Gasteiger partial charge in [-0.3, -0.25) is 10.1 Å². The molecule has 164 valence electrons. The standard InChI is InChI=1S/C23H25Cl2N3O2S/c1-15(2)5-4-6-16(3)27-22(17-7-10-19(11-8-17)28(29)30)14-31-23(27)26-18-9-12-20(24)21(25)13-18/h7-16H,4-6H2,1-3H3. The van der Waals surface area contributed by atoms with Crippen LogP contribution < -0.4 is 4.80 Å². The van der Waals surface area contributed by atoms with E-state index in [1.54, 1.807) is 35.6 Å². The van der Waals surface area contributed by atoms with Crippen LogP contribution in [0.15, 0.2) is 52.8 Å². The van der Waals surface area contributed by atoms with Crippen LogP contribution in [0, 0.1) is 16.0 Å². The molecule has 0 saturated carbocycles. The van der Waals surface area contributed by atoms with E-state index >= 15 is 0 Å². The Morgan fingerprint density at radius 3 is 2.39 bits per heavy atom. The Kier molecular flexibility index (Phi) is 7.92. The van der Waals surface area contributed by atoms with Crippen LogP contribution in [-0.2, 0) is 0 Å². The maximum Gasteiger partial charge on any atom is 0.269 e. The number of nitrogens with zero attached hydrogens (tertiary/aromatic N) is 3. The van der Waals surface area contributed by atoms with Gasteiger partial charge in [0.2, 0.25) is 0 Å². The summed E-state index contributed by atoms with van der Waals surface area (Å²) in [5, 5.41) is 14.0. The lowest BCUT2D eigenvalue weighted by atomic mass is 10.0. The Hall–Kier alpha value is -2.15. The van der Waals surface area contributed by atoms with Gasteiger partial charge in [0.15, 0.2) is 4.80 Å². The van der Waals surface area contributed by atoms with E-state index in [-0.39, 0.29) is 16.7 Å². The molecule has 1 heterocycles. The number of nitro benzene ring substituents is 1. The predicted molar refractivity (Wildman–Crippen MR) is 129 cm³/mol. The molecule has 1 aromatic heterocycles. The van der Waals surface area contributed by atoms with E-state index in [0.29, 0.717) is 16.0 Å². The lowest BCUT2D eigenvalue weighted by Gasteiger charge is -2.18. The first kappa shape index (κ1) is 23.5. The average Bonchev–Trinajstić information content (AvgIpc) is 3.14. The van der Waals surface area contributed by atoms with E-state index in [4.69, 9.17) is 28.2 Å². The second kappa shape index (κ2) is 10.4. The molecule has 1 unspecified atom stereocenters. The fraction of sp³-hybridized carbons (Fsp3) is 0.348. The molecule has 0 saturated heterocycles. The summed E-state index contributed by atoms with van der Waals surface area (Å²) in [5.41, 5.74) is 2.73. The number of nitro groups is 1. The number of benzene rings is 2. The third kappa shape index (κ3) is 5.97. The summed E-state index contributed by atoms with van der Waals surface area (Å²) in [7, 11) is 0. The van der Waals surface area contributed by atoms with Crippen molar-refractivity contribution in [3.63, 3.8) is 0 Å². The van der Waals surface area contributed by atoms with E-state index in [9.17, 15) is 10.1 Å². The number of non-ortho nitro benzene ring substituents is 1. The zero-order valence-corrected chi connectivity index (χ0v) is 20.0. The van der Waals surface area contributed by atoms with Crippen molar-refractivity contribution in [1.82, 2.24) is 4.57 Å². The van der Waals surface area contributed by atoms with Crippen LogP contribution in [0.4, 0.5) is 11.4 Å². The fourth-order valence-electron chi connectivity index (χ4n) is 3.41. The summed E-state index contributed by atoms with van der Waals surface area (Å²) in [6.07, 6.45) is 3.30. The number of halogens is 2. The number of rotatable bonds is 8. The van der Waals surface area contributed by atoms with E-state index in [1.165, 1.54) is 18.6 Å². The third-order valence-corrected chi connectivity index (χ3v) is 6.67. The van der Waals surface area contributed by atoms with Gasteiger partial charge in [0.25, 0.3) is 5.69 Å². The van der Waals surface area contributed by atoms with E-state index in [1.807, 2.05) is 6.07 Å². The number of thiazole rings is 1. The van der Waals surface area contributed by atoms with Crippen LogP contribution in [0.2, 0.25) is 10.0 Å². The minimum absolute atomic E-state index is 0.0798. The first-order valence-electron chi connectivity index (χ1n) is 10.2. The Morgan fingerprint density at radius 2 is 1.77 bits per heavy atom. The molecule has 0 N–H and O–H groups in total. The molecule has 3 rings (SSSR count). The summed E-state index contributed by atoms with van der Waals surface area (Å²) < 4.78 is 2.22. The molecule has 5 nitrogen and oxygen atoms in total. The van der Waals surface area contributed by atoms with Gasteiger partial charge in [-0.2, -0.15) is 0 Å². The topological polar surface area (TPSA) is 60.4 Å². The molecular weight excluding hydrogens is 453 g/mol. The largest absolute Gasteiger partial charge is 0.314 e. The molecule has 0 fully saturated rings. The highest BCUT2D eigenvalue weighted by molar-refractivity contribution is 7.07. The van der Waals surface area contributed by atoms with Crippen molar-refractivity contribution in [2.24, 2.45) is 10.9 Å². The van der Waals surface area contributed by atoms with Gasteiger partial charge < -0.3 is 4.57 Å². The Labute approximate surface area is 196 Å². The lowest BCUT2D eigenvalue weighted by molar-refractivity contribution is -0.384. The highest BCUT2D eigenvalue weighted by Crippen LogP contribution is 2.29. The molecule has 0 bridgehead atoms. The second-order valence-electron chi connectivity index (χ2n) is 7.96. The van der Waals surface area contributed by atoms with Crippen molar-refractivity contribution in [1.29, 1.82) is 0 Å². The molecule has 2 aromatic carbocycles. The Morgan fingerprint density at radius 1 is 1.06 bits per heavy atom. The van der Waals surface area contributed by atoms with Gasteiger partial charge in [0, 0.05) is 23.6 Å². The first-order valence-corrected chi connectivity index (χ1v) is 11.8. The summed E-state index contributed by atoms with van der Waals surface area (Å²) >= 11 is 13.8. The monoisotopic (exact) mass is 477 g/mol. The van der Waals surface area contributed by atoms with Crippen LogP contribution in [0.25, 0.3) is 11.3 Å². The number of hydrogen-bond donors (Lipinski definition) is 0. The maximum atomic E-state index is 11.0. The minimum atomic E-state index is -0.384. The van der Waals surface area contributed by atoms with Gasteiger partial charge in [-0.1, -0.05) is 49.9 Å². The van der Waals surface area contributed by atoms with E-state index < -0.39 is 0 Å². The Bertz CT molecular complexity index is 1120. The van der Waals surface area contributed by atoms with Gasteiger partial charge in [-0.15, -0.1) is 11.3 Å². The highest BCUT2D eigenvalue weighted by atomic mass is 35.5. The summed E-state index contributed by atoms with van der Waals surface area (Å²) in [6.45, 7) is 6.65. The van der Waals surface area contributed by atoms with Crippen molar-refractivity contribution >= 4 is 45.9 Å². The molecule has 0 aliphatic rings. The highest BCUT2D eigenvalue weighted by Gasteiger charge is 2.16. The quantitative estimate of drug-likeness (QED) is 0.243. The van der Waals surface area contributed by atoms with Gasteiger partial charge >= 0.3 is 0 Å². The van der Waals surface area contributed by atoms with Gasteiger partial charge in [-0.05, 0) is 55.2 Å². The molecule has 3 aromatic rings. The number of aromatic nitrogens is 1. The molecule has 0 amide bonds. The maximum absolute atomic E-state index is 11.0. The molecule has 31 heavy (non-hydrogen) atoms. The van der Waals surface area contributed by atoms with Gasteiger partial charge in [0.1, 0.15) is 0 Å². The fourth-order valence-corrected chi connectivity index (χ4v) is 4.72. The van der Waals surface area contributed by atoms with Gasteiger partial charge in [0.05, 0.1) is 26.3 Å². The third-order valence-electron chi connectivity index (χ3n) is 5.09. The predicted octanol–water partition coefficient (Wildman–Crippen LogP) is 8.05. The van der Waals surface area contributed by atoms with Crippen LogP contribution in [0.5, 0.6) is 0 Å². The van der Waals surface area contributed by atoms with Crippen LogP contribution in [-0.4, -0.2) is 9.49 Å². The van der Waals surface area contributed by atoms with Crippen LogP contribution in [0.1, 0.15) is 46.1 Å². The Balaban J connectivity index is 2.05. The zero-order chi connectivity index (χ0) is 22.5. The van der Waals surface area contributed by atoms with Crippen molar-refractivity contribution in [3.05, 3.63) is 72.8 Å². The minimum Gasteiger partial charge on any atom is -0.314 e. The summed E-state index contributed by atoms with van der Waals surface area (Å²) in [4.78, 5) is 16.3. The van der Waals surface area contributed by atoms with Gasteiger partial charge in [-0.25, -0.2) is 4.99 Å². The zero-order valence-electron chi connectivity index (χ0n) is 17.7. The molecule has 0 spiro atoms. The SMILES string of the molecule is CC(C)CCCC(C)n1c(-c2ccc([N+](=O)[O-])cc2)csc1=Nc1ccc(Cl)c(Cl)c1. The molecule has 8 heteroatoms. The molecule has 0 aliphatic carbocycles. The normalized spacial score (nSPS) is 13.0. The smallest absolute Gasteiger partial charge is 0.269 e. The van der Waals surface area contributed by atoms with Crippen LogP contribution >= 0.6 is 34.5 Å². The average molecular weight is 478 g/mol. The molecule has 1 atom stereocenters. The lowest BCUT2D eigenvalue weighted by Crippen LogP contribution is -2.20. The van der Waals surface area contributed by atoms with Crippen molar-refractivity contribution in [3.8, 4) is 11.3 Å². The second-order valence-corrected chi connectivity index (χ2v) is 9.61. The van der Waals surface area contributed by atoms with Crippen LogP contribution in [0.3, 0.4) is 0 Å².